The third kappa shape index (κ3) is 4.31. The van der Waals surface area contributed by atoms with Crippen molar-refractivity contribution in [3.8, 4) is 0 Å². The van der Waals surface area contributed by atoms with E-state index in [1.165, 1.54) is 25.1 Å². The number of benzene rings is 1. The summed E-state index contributed by atoms with van der Waals surface area (Å²) in [5, 5.41) is 0.319. The summed E-state index contributed by atoms with van der Waals surface area (Å²) in [6.07, 6.45) is -1.07. The third-order valence-electron chi connectivity index (χ3n) is 4.05. The Bertz CT molecular complexity index is 904. The van der Waals surface area contributed by atoms with Gasteiger partial charge in [0.1, 0.15) is 0 Å². The van der Waals surface area contributed by atoms with E-state index in [-0.39, 0.29) is 23.6 Å². The SMILES string of the molecule is CCOC(=O)c1c(C)[nH]c(C(=O)C(C)OC(=O)c2ccc(Cl)c(N)c2)c1C. The molecule has 0 aliphatic carbocycles. The van der Waals surface area contributed by atoms with Crippen LogP contribution in [0.15, 0.2) is 18.2 Å². The number of aryl methyl sites for hydroxylation is 1. The monoisotopic (exact) mass is 392 g/mol. The molecule has 0 saturated carbocycles. The van der Waals surface area contributed by atoms with Crippen LogP contribution in [0.1, 0.15) is 56.3 Å². The summed E-state index contributed by atoms with van der Waals surface area (Å²) in [5.74, 6) is -1.67. The molecule has 2 rings (SSSR count). The average molecular weight is 393 g/mol. The summed E-state index contributed by atoms with van der Waals surface area (Å²) in [5.41, 5.74) is 7.57. The Labute approximate surface area is 161 Å². The van der Waals surface area contributed by atoms with Gasteiger partial charge in [-0.25, -0.2) is 9.59 Å². The van der Waals surface area contributed by atoms with Crippen molar-refractivity contribution in [2.24, 2.45) is 0 Å². The van der Waals surface area contributed by atoms with Gasteiger partial charge in [-0.3, -0.25) is 4.79 Å². The number of carbonyl (C=O) groups excluding carboxylic acids is 3. The second kappa shape index (κ2) is 8.26. The number of halogens is 1. The molecule has 8 heteroatoms. The van der Waals surface area contributed by atoms with Gasteiger partial charge in [0.15, 0.2) is 6.10 Å². The summed E-state index contributed by atoms with van der Waals surface area (Å²) >= 11 is 5.83. The first-order valence-corrected chi connectivity index (χ1v) is 8.71. The van der Waals surface area contributed by atoms with Crippen LogP contribution in [-0.4, -0.2) is 35.4 Å². The zero-order valence-electron chi connectivity index (χ0n) is 15.5. The van der Waals surface area contributed by atoms with Crippen molar-refractivity contribution in [3.63, 3.8) is 0 Å². The van der Waals surface area contributed by atoms with Crippen LogP contribution >= 0.6 is 11.6 Å². The zero-order chi connectivity index (χ0) is 20.3. The highest BCUT2D eigenvalue weighted by atomic mass is 35.5. The molecule has 0 saturated heterocycles. The number of carbonyl (C=O) groups is 3. The Hall–Kier alpha value is -2.80. The highest BCUT2D eigenvalue weighted by Gasteiger charge is 2.27. The van der Waals surface area contributed by atoms with Gasteiger partial charge in [-0.05, 0) is 51.5 Å². The number of nitrogen functional groups attached to an aromatic ring is 1. The largest absolute Gasteiger partial charge is 0.462 e. The maximum absolute atomic E-state index is 12.7. The molecule has 0 fully saturated rings. The van der Waals surface area contributed by atoms with Gasteiger partial charge in [-0.2, -0.15) is 0 Å². The second-order valence-corrected chi connectivity index (χ2v) is 6.40. The number of aromatic amines is 1. The molecule has 0 bridgehead atoms. The van der Waals surface area contributed by atoms with Crippen molar-refractivity contribution in [2.45, 2.75) is 33.8 Å². The van der Waals surface area contributed by atoms with Gasteiger partial charge in [-0.1, -0.05) is 11.6 Å². The Morgan fingerprint density at radius 1 is 1.22 bits per heavy atom. The fourth-order valence-electron chi connectivity index (χ4n) is 2.66. The smallest absolute Gasteiger partial charge is 0.340 e. The Morgan fingerprint density at radius 2 is 1.89 bits per heavy atom. The Morgan fingerprint density at radius 3 is 2.48 bits per heavy atom. The number of hydrogen-bond acceptors (Lipinski definition) is 6. The highest BCUT2D eigenvalue weighted by Crippen LogP contribution is 2.23. The predicted molar refractivity (Wildman–Crippen MR) is 101 cm³/mol. The number of H-pyrrole nitrogens is 1. The summed E-state index contributed by atoms with van der Waals surface area (Å²) < 4.78 is 10.2. The molecule has 0 aliphatic rings. The van der Waals surface area contributed by atoms with Gasteiger partial charge in [0.05, 0.1) is 34.1 Å². The average Bonchev–Trinajstić information content (AvgIpc) is 2.91. The van der Waals surface area contributed by atoms with Gasteiger partial charge in [-0.15, -0.1) is 0 Å². The third-order valence-corrected chi connectivity index (χ3v) is 4.39. The molecule has 0 amide bonds. The van der Waals surface area contributed by atoms with Crippen LogP contribution in [0, 0.1) is 13.8 Å². The van der Waals surface area contributed by atoms with E-state index in [1.54, 1.807) is 20.8 Å². The lowest BCUT2D eigenvalue weighted by atomic mass is 10.1. The summed E-state index contributed by atoms with van der Waals surface area (Å²) in [6, 6.07) is 4.32. The molecule has 7 nitrogen and oxygen atoms in total. The number of anilines is 1. The lowest BCUT2D eigenvalue weighted by molar-refractivity contribution is 0.0316. The first kappa shape index (κ1) is 20.5. The van der Waals surface area contributed by atoms with Crippen LogP contribution in [0.5, 0.6) is 0 Å². The number of aromatic nitrogens is 1. The molecule has 0 aliphatic heterocycles. The molecule has 3 N–H and O–H groups in total. The molecule has 1 aromatic carbocycles. The number of nitrogens with one attached hydrogen (secondary N) is 1. The maximum Gasteiger partial charge on any atom is 0.340 e. The number of nitrogens with two attached hydrogens (primary N) is 1. The minimum absolute atomic E-state index is 0.183. The minimum Gasteiger partial charge on any atom is -0.462 e. The lowest BCUT2D eigenvalue weighted by Gasteiger charge is -2.13. The van der Waals surface area contributed by atoms with Crippen LogP contribution < -0.4 is 5.73 Å². The maximum atomic E-state index is 12.7. The molecule has 2 aromatic rings. The number of ketones is 1. The zero-order valence-corrected chi connectivity index (χ0v) is 16.3. The normalized spacial score (nSPS) is 11.7. The number of Topliss-reactive ketones (excluding diaryl/α,β-unsaturated/α-hetero) is 1. The first-order valence-electron chi connectivity index (χ1n) is 8.33. The number of hydrogen-bond donors (Lipinski definition) is 2. The van der Waals surface area contributed by atoms with Gasteiger partial charge >= 0.3 is 11.9 Å². The van der Waals surface area contributed by atoms with Crippen molar-refractivity contribution in [3.05, 3.63) is 51.3 Å². The summed E-state index contributed by atoms with van der Waals surface area (Å²) in [4.78, 5) is 39.9. The van der Waals surface area contributed by atoms with E-state index in [4.69, 9.17) is 26.8 Å². The fraction of sp³-hybridized carbons (Fsp3) is 0.316. The topological polar surface area (TPSA) is 111 Å². The molecule has 1 atom stereocenters. The van der Waals surface area contributed by atoms with Crippen molar-refractivity contribution >= 4 is 35.0 Å². The van der Waals surface area contributed by atoms with E-state index in [9.17, 15) is 14.4 Å². The van der Waals surface area contributed by atoms with Crippen LogP contribution in [0.4, 0.5) is 5.69 Å². The van der Waals surface area contributed by atoms with Crippen molar-refractivity contribution in [1.82, 2.24) is 4.98 Å². The van der Waals surface area contributed by atoms with E-state index in [0.29, 0.717) is 21.8 Å². The van der Waals surface area contributed by atoms with Crippen molar-refractivity contribution < 1.29 is 23.9 Å². The van der Waals surface area contributed by atoms with Gasteiger partial charge in [0, 0.05) is 5.69 Å². The molecule has 1 aromatic heterocycles. The fourth-order valence-corrected chi connectivity index (χ4v) is 2.78. The number of esters is 2. The van der Waals surface area contributed by atoms with Crippen LogP contribution in [0.3, 0.4) is 0 Å². The van der Waals surface area contributed by atoms with E-state index >= 15 is 0 Å². The quantitative estimate of drug-likeness (QED) is 0.442. The molecule has 27 heavy (non-hydrogen) atoms. The van der Waals surface area contributed by atoms with E-state index in [2.05, 4.69) is 4.98 Å². The van der Waals surface area contributed by atoms with Gasteiger partial charge in [0.25, 0.3) is 0 Å². The molecule has 0 spiro atoms. The van der Waals surface area contributed by atoms with Crippen molar-refractivity contribution in [1.29, 1.82) is 0 Å². The first-order chi connectivity index (χ1) is 12.7. The Kier molecular flexibility index (Phi) is 6.28. The van der Waals surface area contributed by atoms with Crippen LogP contribution in [0.25, 0.3) is 0 Å². The van der Waals surface area contributed by atoms with Gasteiger partial charge in [0.2, 0.25) is 5.78 Å². The van der Waals surface area contributed by atoms with Gasteiger partial charge < -0.3 is 20.2 Å². The van der Waals surface area contributed by atoms with Crippen LogP contribution in [-0.2, 0) is 9.47 Å². The highest BCUT2D eigenvalue weighted by molar-refractivity contribution is 6.33. The molecule has 1 unspecified atom stereocenters. The lowest BCUT2D eigenvalue weighted by Crippen LogP contribution is -2.25. The van der Waals surface area contributed by atoms with E-state index in [0.717, 1.165) is 0 Å². The second-order valence-electron chi connectivity index (χ2n) is 5.99. The van der Waals surface area contributed by atoms with E-state index < -0.39 is 23.8 Å². The molecular weight excluding hydrogens is 372 g/mol. The molecule has 0 radical (unpaired) electrons. The Balaban J connectivity index is 2.20. The van der Waals surface area contributed by atoms with E-state index in [1.807, 2.05) is 0 Å². The molecular formula is C19H21ClN2O5. The summed E-state index contributed by atoms with van der Waals surface area (Å²) in [6.45, 7) is 6.69. The number of rotatable bonds is 6. The molecule has 1 heterocycles. The van der Waals surface area contributed by atoms with Crippen LogP contribution in [0.2, 0.25) is 5.02 Å². The standard InChI is InChI=1S/C19H21ClN2O5/c1-5-26-19(25)15-9(2)16(22-10(15)3)17(23)11(4)27-18(24)12-6-7-13(20)14(21)8-12/h6-8,11,22H,5,21H2,1-4H3. The predicted octanol–water partition coefficient (Wildman–Crippen LogP) is 3.47. The molecule has 144 valence electrons. The summed E-state index contributed by atoms with van der Waals surface area (Å²) in [7, 11) is 0. The van der Waals surface area contributed by atoms with Crippen molar-refractivity contribution in [2.75, 3.05) is 12.3 Å². The minimum atomic E-state index is -1.07. The number of ether oxygens (including phenoxy) is 2.